The predicted octanol–water partition coefficient (Wildman–Crippen LogP) is 3.51. The zero-order chi connectivity index (χ0) is 13.9. The fraction of sp³-hybridized carbons (Fsp3) is 0.0556. The van der Waals surface area contributed by atoms with Gasteiger partial charge in [0.1, 0.15) is 0 Å². The van der Waals surface area contributed by atoms with Crippen molar-refractivity contribution >= 4 is 16.6 Å². The Morgan fingerprint density at radius 2 is 1.85 bits per heavy atom. The van der Waals surface area contributed by atoms with Gasteiger partial charge in [-0.15, -0.1) is 6.42 Å². The van der Waals surface area contributed by atoms with E-state index in [1.165, 1.54) is 0 Å². The highest BCUT2D eigenvalue weighted by molar-refractivity contribution is 6.09. The van der Waals surface area contributed by atoms with Crippen molar-refractivity contribution in [2.24, 2.45) is 0 Å². The van der Waals surface area contributed by atoms with Crippen molar-refractivity contribution in [1.29, 1.82) is 0 Å². The van der Waals surface area contributed by atoms with Gasteiger partial charge in [0.25, 0.3) is 0 Å². The van der Waals surface area contributed by atoms with Crippen LogP contribution in [0.25, 0.3) is 10.8 Å². The van der Waals surface area contributed by atoms with E-state index in [2.05, 4.69) is 5.92 Å². The number of hydrogen-bond acceptors (Lipinski definition) is 1. The van der Waals surface area contributed by atoms with E-state index in [0.717, 1.165) is 10.8 Å². The van der Waals surface area contributed by atoms with Crippen molar-refractivity contribution in [3.05, 3.63) is 72.1 Å². The third kappa shape index (κ3) is 2.10. The van der Waals surface area contributed by atoms with Crippen LogP contribution in [0.2, 0.25) is 0 Å². The molecule has 2 heteroatoms. The molecular weight excluding hydrogens is 246 g/mol. The largest absolute Gasteiger partial charge is 0.333 e. The maximum Gasteiger partial charge on any atom is 0.209 e. The molecule has 0 unspecified atom stereocenters. The SMILES string of the molecule is C#CCn1cccc1C(=O)c1ccc2ccccc2c1. The van der Waals surface area contributed by atoms with E-state index in [1.807, 2.05) is 54.7 Å². The van der Waals surface area contributed by atoms with Crippen molar-refractivity contribution in [3.8, 4) is 12.3 Å². The van der Waals surface area contributed by atoms with E-state index in [0.29, 0.717) is 17.8 Å². The Morgan fingerprint density at radius 3 is 2.65 bits per heavy atom. The van der Waals surface area contributed by atoms with Gasteiger partial charge in [0.2, 0.25) is 5.78 Å². The maximum atomic E-state index is 12.6. The van der Waals surface area contributed by atoms with Crippen LogP contribution in [-0.2, 0) is 6.54 Å². The van der Waals surface area contributed by atoms with Crippen LogP contribution >= 0.6 is 0 Å². The van der Waals surface area contributed by atoms with Gasteiger partial charge in [-0.1, -0.05) is 42.3 Å². The predicted molar refractivity (Wildman–Crippen MR) is 80.6 cm³/mol. The van der Waals surface area contributed by atoms with Gasteiger partial charge in [0.15, 0.2) is 0 Å². The number of nitrogens with zero attached hydrogens (tertiary/aromatic N) is 1. The summed E-state index contributed by atoms with van der Waals surface area (Å²) < 4.78 is 1.79. The van der Waals surface area contributed by atoms with Crippen LogP contribution in [0.15, 0.2) is 60.8 Å². The van der Waals surface area contributed by atoms with E-state index in [-0.39, 0.29) is 5.78 Å². The van der Waals surface area contributed by atoms with E-state index < -0.39 is 0 Å². The van der Waals surface area contributed by atoms with Crippen LogP contribution in [0.3, 0.4) is 0 Å². The number of rotatable bonds is 3. The maximum absolute atomic E-state index is 12.6. The van der Waals surface area contributed by atoms with Gasteiger partial charge in [0, 0.05) is 11.8 Å². The van der Waals surface area contributed by atoms with Crippen LogP contribution in [-0.4, -0.2) is 10.4 Å². The molecule has 1 heterocycles. The van der Waals surface area contributed by atoms with Gasteiger partial charge < -0.3 is 4.57 Å². The molecule has 0 bridgehead atoms. The molecule has 20 heavy (non-hydrogen) atoms. The number of benzene rings is 2. The summed E-state index contributed by atoms with van der Waals surface area (Å²) in [5.41, 5.74) is 1.30. The second kappa shape index (κ2) is 5.07. The van der Waals surface area contributed by atoms with E-state index in [4.69, 9.17) is 6.42 Å². The number of ketones is 1. The average Bonchev–Trinajstić information content (AvgIpc) is 2.94. The monoisotopic (exact) mass is 259 g/mol. The summed E-state index contributed by atoms with van der Waals surface area (Å²) in [7, 11) is 0. The molecule has 0 atom stereocenters. The molecule has 0 aliphatic heterocycles. The Labute approximate surface area is 117 Å². The third-order valence-corrected chi connectivity index (χ3v) is 3.34. The summed E-state index contributed by atoms with van der Waals surface area (Å²) in [6.07, 6.45) is 7.15. The van der Waals surface area contributed by atoms with E-state index >= 15 is 0 Å². The molecule has 2 aromatic carbocycles. The van der Waals surface area contributed by atoms with Crippen LogP contribution in [0, 0.1) is 12.3 Å². The lowest BCUT2D eigenvalue weighted by atomic mass is 10.0. The molecule has 0 saturated heterocycles. The number of carbonyl (C=O) groups excluding carboxylic acids is 1. The van der Waals surface area contributed by atoms with Crippen LogP contribution in [0.1, 0.15) is 16.1 Å². The normalized spacial score (nSPS) is 10.3. The lowest BCUT2D eigenvalue weighted by Crippen LogP contribution is -2.09. The van der Waals surface area contributed by atoms with Crippen LogP contribution in [0.4, 0.5) is 0 Å². The Morgan fingerprint density at radius 1 is 1.05 bits per heavy atom. The zero-order valence-electron chi connectivity index (χ0n) is 10.9. The molecular formula is C18H13NO. The number of hydrogen-bond donors (Lipinski definition) is 0. The summed E-state index contributed by atoms with van der Waals surface area (Å²) in [5.74, 6) is 2.55. The average molecular weight is 259 g/mol. The highest BCUT2D eigenvalue weighted by Crippen LogP contribution is 2.18. The molecule has 3 aromatic rings. The third-order valence-electron chi connectivity index (χ3n) is 3.34. The highest BCUT2D eigenvalue weighted by atomic mass is 16.1. The van der Waals surface area contributed by atoms with Crippen LogP contribution in [0.5, 0.6) is 0 Å². The first kappa shape index (κ1) is 12.3. The molecule has 0 saturated carbocycles. The lowest BCUT2D eigenvalue weighted by Gasteiger charge is -2.06. The molecule has 0 spiro atoms. The molecule has 0 aliphatic carbocycles. The van der Waals surface area contributed by atoms with Gasteiger partial charge in [-0.05, 0) is 29.0 Å². The summed E-state index contributed by atoms with van der Waals surface area (Å²) in [6, 6.07) is 17.4. The van der Waals surface area contributed by atoms with E-state index in [9.17, 15) is 4.79 Å². The fourth-order valence-corrected chi connectivity index (χ4v) is 2.33. The van der Waals surface area contributed by atoms with Gasteiger partial charge >= 0.3 is 0 Å². The summed E-state index contributed by atoms with van der Waals surface area (Å²) >= 11 is 0. The number of carbonyl (C=O) groups is 1. The van der Waals surface area contributed by atoms with Crippen molar-refractivity contribution in [2.45, 2.75) is 6.54 Å². The molecule has 0 amide bonds. The molecule has 1 aromatic heterocycles. The first-order valence-electron chi connectivity index (χ1n) is 6.42. The minimum absolute atomic E-state index is 0.00370. The lowest BCUT2D eigenvalue weighted by molar-refractivity contribution is 0.103. The van der Waals surface area contributed by atoms with Gasteiger partial charge in [0.05, 0.1) is 12.2 Å². The minimum Gasteiger partial charge on any atom is -0.333 e. The number of aromatic nitrogens is 1. The van der Waals surface area contributed by atoms with Gasteiger partial charge in [-0.3, -0.25) is 4.79 Å². The standard InChI is InChI=1S/C18H13NO/c1-2-11-19-12-5-8-17(19)18(20)16-10-9-14-6-3-4-7-15(14)13-16/h1,3-10,12-13H,11H2. The zero-order valence-corrected chi connectivity index (χ0v) is 10.9. The van der Waals surface area contributed by atoms with Crippen molar-refractivity contribution in [3.63, 3.8) is 0 Å². The molecule has 2 nitrogen and oxygen atoms in total. The second-order valence-corrected chi connectivity index (χ2v) is 4.62. The Balaban J connectivity index is 2.04. The van der Waals surface area contributed by atoms with E-state index in [1.54, 1.807) is 10.6 Å². The topological polar surface area (TPSA) is 22.0 Å². The highest BCUT2D eigenvalue weighted by Gasteiger charge is 2.13. The summed E-state index contributed by atoms with van der Waals surface area (Å²) in [5, 5.41) is 2.19. The summed E-state index contributed by atoms with van der Waals surface area (Å²) in [6.45, 7) is 0.404. The minimum atomic E-state index is -0.00370. The molecule has 0 N–H and O–H groups in total. The van der Waals surface area contributed by atoms with Crippen molar-refractivity contribution < 1.29 is 4.79 Å². The fourth-order valence-electron chi connectivity index (χ4n) is 2.33. The van der Waals surface area contributed by atoms with Crippen molar-refractivity contribution in [1.82, 2.24) is 4.57 Å². The molecule has 0 fully saturated rings. The first-order valence-corrected chi connectivity index (χ1v) is 6.42. The second-order valence-electron chi connectivity index (χ2n) is 4.62. The van der Waals surface area contributed by atoms with Crippen molar-refractivity contribution in [2.75, 3.05) is 0 Å². The first-order chi connectivity index (χ1) is 9.79. The number of fused-ring (bicyclic) bond motifs is 1. The van der Waals surface area contributed by atoms with Gasteiger partial charge in [-0.2, -0.15) is 0 Å². The van der Waals surface area contributed by atoms with Gasteiger partial charge in [-0.25, -0.2) is 0 Å². The molecule has 0 aliphatic rings. The molecule has 0 radical (unpaired) electrons. The quantitative estimate of drug-likeness (QED) is 0.521. The Hall–Kier alpha value is -2.79. The Bertz CT molecular complexity index is 821. The Kier molecular flexibility index (Phi) is 3.10. The number of terminal acetylenes is 1. The molecule has 3 rings (SSSR count). The molecule has 96 valence electrons. The van der Waals surface area contributed by atoms with Crippen LogP contribution < -0.4 is 0 Å². The summed E-state index contributed by atoms with van der Waals surface area (Å²) in [4.78, 5) is 12.6. The smallest absolute Gasteiger partial charge is 0.209 e.